The Bertz CT molecular complexity index is 339. The fourth-order valence-electron chi connectivity index (χ4n) is 0.998. The van der Waals surface area contributed by atoms with Crippen LogP contribution in [0.2, 0.25) is 0 Å². The number of rotatable bonds is 3. The number of hydrogen-bond acceptors (Lipinski definition) is 3. The minimum atomic E-state index is -0.0974. The summed E-state index contributed by atoms with van der Waals surface area (Å²) in [6.45, 7) is 0.424. The lowest BCUT2D eigenvalue weighted by molar-refractivity contribution is 0.350. The molecule has 0 heterocycles. The molecule has 1 rings (SSSR count). The van der Waals surface area contributed by atoms with Crippen molar-refractivity contribution in [1.29, 1.82) is 0 Å². The number of benzene rings is 1. The van der Waals surface area contributed by atoms with Gasteiger partial charge < -0.3 is 15.2 Å². The third-order valence-corrected chi connectivity index (χ3v) is 1.65. The summed E-state index contributed by atoms with van der Waals surface area (Å²) in [6.07, 6.45) is 0. The van der Waals surface area contributed by atoms with Crippen LogP contribution in [0.15, 0.2) is 24.3 Å². The summed E-state index contributed by atoms with van der Waals surface area (Å²) in [4.78, 5) is 0. The Labute approximate surface area is 83.7 Å². The minimum absolute atomic E-state index is 0.0974. The van der Waals surface area contributed by atoms with Gasteiger partial charge in [-0.05, 0) is 12.1 Å². The molecule has 0 spiro atoms. The van der Waals surface area contributed by atoms with E-state index in [2.05, 4.69) is 17.2 Å². The highest BCUT2D eigenvalue weighted by molar-refractivity contribution is 5.48. The Morgan fingerprint density at radius 2 is 2.29 bits per heavy atom. The van der Waals surface area contributed by atoms with Crippen molar-refractivity contribution in [1.82, 2.24) is 0 Å². The van der Waals surface area contributed by atoms with Crippen molar-refractivity contribution < 1.29 is 9.84 Å². The molecule has 74 valence electrons. The van der Waals surface area contributed by atoms with Crippen LogP contribution >= 0.6 is 0 Å². The summed E-state index contributed by atoms with van der Waals surface area (Å²) in [7, 11) is 1.63. The monoisotopic (exact) mass is 191 g/mol. The van der Waals surface area contributed by atoms with Crippen LogP contribution in [0.5, 0.6) is 5.75 Å². The van der Waals surface area contributed by atoms with E-state index in [0.29, 0.717) is 6.54 Å². The quantitative estimate of drug-likeness (QED) is 0.703. The molecular formula is C11H13NO2. The minimum Gasteiger partial charge on any atom is -0.497 e. The SMILES string of the molecule is COc1cccc(NCC#CCO)c1. The molecule has 1 aromatic carbocycles. The van der Waals surface area contributed by atoms with Crippen LogP contribution in [0, 0.1) is 11.8 Å². The van der Waals surface area contributed by atoms with Crippen molar-refractivity contribution in [2.75, 3.05) is 25.6 Å². The van der Waals surface area contributed by atoms with E-state index < -0.39 is 0 Å². The predicted molar refractivity (Wildman–Crippen MR) is 56.3 cm³/mol. The lowest BCUT2D eigenvalue weighted by Gasteiger charge is -2.04. The van der Waals surface area contributed by atoms with E-state index in [4.69, 9.17) is 9.84 Å². The van der Waals surface area contributed by atoms with Crippen LogP contribution in [0.1, 0.15) is 0 Å². The third-order valence-electron chi connectivity index (χ3n) is 1.65. The van der Waals surface area contributed by atoms with Crippen LogP contribution in [0.3, 0.4) is 0 Å². The second-order valence-electron chi connectivity index (χ2n) is 2.60. The van der Waals surface area contributed by atoms with Crippen LogP contribution in [-0.4, -0.2) is 25.4 Å². The van der Waals surface area contributed by atoms with Crippen LogP contribution < -0.4 is 10.1 Å². The van der Waals surface area contributed by atoms with Gasteiger partial charge in [-0.1, -0.05) is 17.9 Å². The van der Waals surface area contributed by atoms with E-state index in [1.807, 2.05) is 24.3 Å². The maximum absolute atomic E-state index is 8.42. The first-order valence-corrected chi connectivity index (χ1v) is 4.31. The molecular weight excluding hydrogens is 178 g/mol. The molecule has 0 aliphatic rings. The zero-order chi connectivity index (χ0) is 10.2. The molecule has 3 nitrogen and oxygen atoms in total. The van der Waals surface area contributed by atoms with Crippen molar-refractivity contribution in [3.05, 3.63) is 24.3 Å². The smallest absolute Gasteiger partial charge is 0.120 e. The third kappa shape index (κ3) is 3.38. The van der Waals surface area contributed by atoms with Gasteiger partial charge in [0.2, 0.25) is 0 Å². The first-order valence-electron chi connectivity index (χ1n) is 4.31. The van der Waals surface area contributed by atoms with Gasteiger partial charge in [0, 0.05) is 11.8 Å². The lowest BCUT2D eigenvalue weighted by Crippen LogP contribution is -1.98. The molecule has 0 radical (unpaired) electrons. The Hall–Kier alpha value is -1.66. The van der Waals surface area contributed by atoms with Gasteiger partial charge in [0.15, 0.2) is 0 Å². The number of methoxy groups -OCH3 is 1. The Kier molecular flexibility index (Phi) is 4.39. The first-order chi connectivity index (χ1) is 6.86. The molecule has 3 heteroatoms. The number of hydrogen-bond donors (Lipinski definition) is 2. The summed E-state index contributed by atoms with van der Waals surface area (Å²) in [5.74, 6) is 6.14. The summed E-state index contributed by atoms with van der Waals surface area (Å²) in [5.41, 5.74) is 0.955. The maximum atomic E-state index is 8.42. The standard InChI is InChI=1S/C11H13NO2/c1-14-11-6-4-5-10(9-11)12-7-2-3-8-13/h4-6,9,12-13H,7-8H2,1H3. The van der Waals surface area contributed by atoms with Crippen molar-refractivity contribution in [3.63, 3.8) is 0 Å². The molecule has 14 heavy (non-hydrogen) atoms. The fraction of sp³-hybridized carbons (Fsp3) is 0.273. The lowest BCUT2D eigenvalue weighted by atomic mass is 10.3. The highest BCUT2D eigenvalue weighted by atomic mass is 16.5. The van der Waals surface area contributed by atoms with E-state index in [9.17, 15) is 0 Å². The van der Waals surface area contributed by atoms with Crippen LogP contribution in [0.4, 0.5) is 5.69 Å². The van der Waals surface area contributed by atoms with Crippen LogP contribution in [0.25, 0.3) is 0 Å². The number of ether oxygens (including phenoxy) is 1. The molecule has 0 saturated heterocycles. The zero-order valence-corrected chi connectivity index (χ0v) is 8.08. The number of aliphatic hydroxyl groups is 1. The van der Waals surface area contributed by atoms with Crippen LogP contribution in [-0.2, 0) is 0 Å². The summed E-state index contributed by atoms with van der Waals surface area (Å²) >= 11 is 0. The zero-order valence-electron chi connectivity index (χ0n) is 8.08. The summed E-state index contributed by atoms with van der Waals surface area (Å²) in [5, 5.41) is 11.5. The summed E-state index contributed by atoms with van der Waals surface area (Å²) < 4.78 is 5.07. The molecule has 0 saturated carbocycles. The average Bonchev–Trinajstić information content (AvgIpc) is 2.25. The number of aliphatic hydroxyl groups excluding tert-OH is 1. The first kappa shape index (κ1) is 10.4. The molecule has 0 bridgehead atoms. The highest BCUT2D eigenvalue weighted by Gasteiger charge is 1.92. The Morgan fingerprint density at radius 1 is 1.43 bits per heavy atom. The second-order valence-corrected chi connectivity index (χ2v) is 2.60. The Morgan fingerprint density at radius 3 is 3.00 bits per heavy atom. The van der Waals surface area contributed by atoms with Gasteiger partial charge in [0.25, 0.3) is 0 Å². The van der Waals surface area contributed by atoms with Crippen molar-refractivity contribution in [2.45, 2.75) is 0 Å². The van der Waals surface area contributed by atoms with Gasteiger partial charge in [-0.25, -0.2) is 0 Å². The van der Waals surface area contributed by atoms with Gasteiger partial charge in [-0.2, -0.15) is 0 Å². The molecule has 1 aromatic rings. The number of anilines is 1. The van der Waals surface area contributed by atoms with Gasteiger partial charge in [-0.15, -0.1) is 0 Å². The van der Waals surface area contributed by atoms with Gasteiger partial charge in [-0.3, -0.25) is 0 Å². The average molecular weight is 191 g/mol. The molecule has 0 aliphatic carbocycles. The molecule has 0 aromatic heterocycles. The van der Waals surface area contributed by atoms with Crippen molar-refractivity contribution in [2.24, 2.45) is 0 Å². The van der Waals surface area contributed by atoms with Gasteiger partial charge in [0.05, 0.1) is 13.7 Å². The van der Waals surface area contributed by atoms with Crippen molar-refractivity contribution >= 4 is 5.69 Å². The Balaban J connectivity index is 2.50. The molecule has 0 fully saturated rings. The fourth-order valence-corrected chi connectivity index (χ4v) is 0.998. The topological polar surface area (TPSA) is 41.5 Å². The predicted octanol–water partition coefficient (Wildman–Crippen LogP) is 1.10. The van der Waals surface area contributed by atoms with Gasteiger partial charge >= 0.3 is 0 Å². The molecule has 0 amide bonds. The van der Waals surface area contributed by atoms with Crippen molar-refractivity contribution in [3.8, 4) is 17.6 Å². The van der Waals surface area contributed by atoms with E-state index in [-0.39, 0.29) is 6.61 Å². The molecule has 0 atom stereocenters. The maximum Gasteiger partial charge on any atom is 0.120 e. The van der Waals surface area contributed by atoms with E-state index in [1.165, 1.54) is 0 Å². The largest absolute Gasteiger partial charge is 0.497 e. The normalized spacial score (nSPS) is 8.71. The molecule has 0 aliphatic heterocycles. The van der Waals surface area contributed by atoms with E-state index in [0.717, 1.165) is 11.4 Å². The highest BCUT2D eigenvalue weighted by Crippen LogP contribution is 2.15. The van der Waals surface area contributed by atoms with E-state index >= 15 is 0 Å². The van der Waals surface area contributed by atoms with Gasteiger partial charge in [0.1, 0.15) is 12.4 Å². The van der Waals surface area contributed by atoms with E-state index in [1.54, 1.807) is 7.11 Å². The molecule has 2 N–H and O–H groups in total. The molecule has 0 unspecified atom stereocenters. The summed E-state index contributed by atoms with van der Waals surface area (Å²) in [6, 6.07) is 7.61. The second kappa shape index (κ2) is 5.90. The number of nitrogens with one attached hydrogen (secondary N) is 1.